The lowest BCUT2D eigenvalue weighted by atomic mass is 9.99. The van der Waals surface area contributed by atoms with Gasteiger partial charge in [0.1, 0.15) is 5.75 Å². The average molecular weight is 259 g/mol. The zero-order valence-electron chi connectivity index (χ0n) is 11.6. The van der Waals surface area contributed by atoms with Crippen LogP contribution in [0.2, 0.25) is 0 Å². The van der Waals surface area contributed by atoms with Crippen LogP contribution in [0, 0.1) is 5.92 Å². The molecule has 19 heavy (non-hydrogen) atoms. The molecule has 1 aliphatic carbocycles. The summed E-state index contributed by atoms with van der Waals surface area (Å²) < 4.78 is 7.43. The van der Waals surface area contributed by atoms with E-state index in [4.69, 9.17) is 10.5 Å². The first-order valence-electron chi connectivity index (χ1n) is 7.02. The van der Waals surface area contributed by atoms with Crippen LogP contribution in [0.15, 0.2) is 18.2 Å². The van der Waals surface area contributed by atoms with Crippen LogP contribution >= 0.6 is 0 Å². The minimum absolute atomic E-state index is 0.417. The van der Waals surface area contributed by atoms with E-state index in [2.05, 4.69) is 22.5 Å². The van der Waals surface area contributed by atoms with Crippen molar-refractivity contribution in [3.63, 3.8) is 0 Å². The Labute approximate surface area is 113 Å². The van der Waals surface area contributed by atoms with Crippen LogP contribution in [0.3, 0.4) is 0 Å². The maximum atomic E-state index is 6.12. The smallest absolute Gasteiger partial charge is 0.201 e. The van der Waals surface area contributed by atoms with E-state index >= 15 is 0 Å². The summed E-state index contributed by atoms with van der Waals surface area (Å²) in [5, 5.41) is 0. The first-order valence-corrected chi connectivity index (χ1v) is 7.02. The van der Waals surface area contributed by atoms with Crippen molar-refractivity contribution >= 4 is 17.0 Å². The summed E-state index contributed by atoms with van der Waals surface area (Å²) >= 11 is 0. The van der Waals surface area contributed by atoms with Crippen LogP contribution in [0.5, 0.6) is 5.75 Å². The Bertz CT molecular complexity index is 584. The van der Waals surface area contributed by atoms with Crippen LogP contribution in [0.25, 0.3) is 11.0 Å². The molecule has 0 aliphatic heterocycles. The second-order valence-corrected chi connectivity index (χ2v) is 5.48. The Kier molecular flexibility index (Phi) is 3.09. The van der Waals surface area contributed by atoms with Crippen molar-refractivity contribution in [2.24, 2.45) is 5.92 Å². The molecular formula is C15H21N3O. The highest BCUT2D eigenvalue weighted by Gasteiger charge is 2.25. The molecule has 1 unspecified atom stereocenters. The zero-order valence-corrected chi connectivity index (χ0v) is 11.6. The number of imidazole rings is 1. The van der Waals surface area contributed by atoms with Gasteiger partial charge in [0.15, 0.2) is 0 Å². The number of hydrogen-bond acceptors (Lipinski definition) is 3. The first-order chi connectivity index (χ1) is 9.20. The van der Waals surface area contributed by atoms with Crippen molar-refractivity contribution in [1.29, 1.82) is 0 Å². The van der Waals surface area contributed by atoms with Gasteiger partial charge in [-0.05, 0) is 37.8 Å². The molecule has 3 rings (SSSR count). The summed E-state index contributed by atoms with van der Waals surface area (Å²) in [4.78, 5) is 4.47. The summed E-state index contributed by atoms with van der Waals surface area (Å²) in [6.45, 7) is 2.26. The molecule has 0 spiro atoms. The fraction of sp³-hybridized carbons (Fsp3) is 0.533. The van der Waals surface area contributed by atoms with E-state index in [1.807, 2.05) is 12.1 Å². The van der Waals surface area contributed by atoms with E-state index in [9.17, 15) is 0 Å². The van der Waals surface area contributed by atoms with Crippen LogP contribution in [-0.2, 0) is 0 Å². The van der Waals surface area contributed by atoms with Crippen LogP contribution in [-0.4, -0.2) is 16.7 Å². The highest BCUT2D eigenvalue weighted by molar-refractivity contribution is 5.80. The standard InChI is InChI=1S/C15H21N3O/c1-10(11-5-3-4-6-11)18-14-8-7-12(19-2)9-13(14)17-15(18)16/h7-11H,3-6H2,1-2H3,(H2,16,17). The number of nitrogen functional groups attached to an aromatic ring is 1. The van der Waals surface area contributed by atoms with Crippen LogP contribution in [0.1, 0.15) is 38.6 Å². The van der Waals surface area contributed by atoms with E-state index in [1.54, 1.807) is 7.11 Å². The molecule has 1 heterocycles. The number of anilines is 1. The molecule has 0 radical (unpaired) electrons. The van der Waals surface area contributed by atoms with Gasteiger partial charge in [-0.25, -0.2) is 4.98 Å². The molecule has 1 aromatic carbocycles. The van der Waals surface area contributed by atoms with Gasteiger partial charge < -0.3 is 15.0 Å². The number of aromatic nitrogens is 2. The van der Waals surface area contributed by atoms with E-state index < -0.39 is 0 Å². The summed E-state index contributed by atoms with van der Waals surface area (Å²) in [6, 6.07) is 6.40. The molecule has 2 N–H and O–H groups in total. The third-order valence-electron chi connectivity index (χ3n) is 4.41. The molecule has 1 fully saturated rings. The maximum absolute atomic E-state index is 6.12. The topological polar surface area (TPSA) is 53.1 Å². The quantitative estimate of drug-likeness (QED) is 0.919. The number of hydrogen-bond donors (Lipinski definition) is 1. The average Bonchev–Trinajstić information content (AvgIpc) is 3.03. The number of benzene rings is 1. The molecule has 1 aromatic heterocycles. The summed E-state index contributed by atoms with van der Waals surface area (Å²) in [7, 11) is 1.67. The van der Waals surface area contributed by atoms with Crippen molar-refractivity contribution < 1.29 is 4.74 Å². The highest BCUT2D eigenvalue weighted by Crippen LogP contribution is 2.37. The van der Waals surface area contributed by atoms with E-state index in [-0.39, 0.29) is 0 Å². The fourth-order valence-corrected chi connectivity index (χ4v) is 3.30. The van der Waals surface area contributed by atoms with Gasteiger partial charge in [0, 0.05) is 12.1 Å². The van der Waals surface area contributed by atoms with E-state index in [0.29, 0.717) is 12.0 Å². The van der Waals surface area contributed by atoms with E-state index in [1.165, 1.54) is 25.7 Å². The summed E-state index contributed by atoms with van der Waals surface area (Å²) in [5.41, 5.74) is 8.15. The number of nitrogens with two attached hydrogens (primary N) is 1. The van der Waals surface area contributed by atoms with Crippen molar-refractivity contribution in [3.8, 4) is 5.75 Å². The number of ether oxygens (including phenoxy) is 1. The first kappa shape index (κ1) is 12.3. The summed E-state index contributed by atoms with van der Waals surface area (Å²) in [6.07, 6.45) is 5.29. The SMILES string of the molecule is COc1ccc2c(c1)nc(N)n2C(C)C1CCCC1. The predicted octanol–water partition coefficient (Wildman–Crippen LogP) is 3.38. The number of rotatable bonds is 3. The molecule has 1 aliphatic rings. The highest BCUT2D eigenvalue weighted by atomic mass is 16.5. The minimum Gasteiger partial charge on any atom is -0.497 e. The maximum Gasteiger partial charge on any atom is 0.201 e. The van der Waals surface area contributed by atoms with Crippen LogP contribution in [0.4, 0.5) is 5.95 Å². The van der Waals surface area contributed by atoms with Crippen LogP contribution < -0.4 is 10.5 Å². The summed E-state index contributed by atoms with van der Waals surface area (Å²) in [5.74, 6) is 2.16. The lowest BCUT2D eigenvalue weighted by molar-refractivity contribution is 0.371. The lowest BCUT2D eigenvalue weighted by Gasteiger charge is -2.22. The Morgan fingerprint density at radius 1 is 1.37 bits per heavy atom. The van der Waals surface area contributed by atoms with Gasteiger partial charge in [-0.2, -0.15) is 0 Å². The molecule has 1 saturated carbocycles. The van der Waals surface area contributed by atoms with Gasteiger partial charge in [-0.15, -0.1) is 0 Å². The Morgan fingerprint density at radius 3 is 2.79 bits per heavy atom. The third kappa shape index (κ3) is 2.05. The minimum atomic E-state index is 0.417. The Balaban J connectivity index is 2.04. The Hall–Kier alpha value is -1.71. The number of methoxy groups -OCH3 is 1. The Morgan fingerprint density at radius 2 is 2.11 bits per heavy atom. The molecule has 0 saturated heterocycles. The molecular weight excluding hydrogens is 238 g/mol. The normalized spacial score (nSPS) is 18.0. The van der Waals surface area contributed by atoms with Gasteiger partial charge in [0.05, 0.1) is 18.1 Å². The van der Waals surface area contributed by atoms with Crippen molar-refractivity contribution in [2.75, 3.05) is 12.8 Å². The number of fused-ring (bicyclic) bond motifs is 1. The molecule has 4 heteroatoms. The molecule has 0 bridgehead atoms. The van der Waals surface area contributed by atoms with Gasteiger partial charge in [-0.1, -0.05) is 12.8 Å². The van der Waals surface area contributed by atoms with Crippen molar-refractivity contribution in [3.05, 3.63) is 18.2 Å². The molecule has 4 nitrogen and oxygen atoms in total. The number of nitrogens with zero attached hydrogens (tertiary/aromatic N) is 2. The molecule has 102 valence electrons. The monoisotopic (exact) mass is 259 g/mol. The largest absolute Gasteiger partial charge is 0.497 e. The fourth-order valence-electron chi connectivity index (χ4n) is 3.30. The van der Waals surface area contributed by atoms with Gasteiger partial charge in [0.2, 0.25) is 5.95 Å². The van der Waals surface area contributed by atoms with Gasteiger partial charge in [-0.3, -0.25) is 0 Å². The van der Waals surface area contributed by atoms with Crippen molar-refractivity contribution in [2.45, 2.75) is 38.6 Å². The third-order valence-corrected chi connectivity index (χ3v) is 4.41. The predicted molar refractivity (Wildman–Crippen MR) is 77.4 cm³/mol. The van der Waals surface area contributed by atoms with E-state index in [0.717, 1.165) is 22.7 Å². The zero-order chi connectivity index (χ0) is 13.4. The van der Waals surface area contributed by atoms with Gasteiger partial charge in [0.25, 0.3) is 0 Å². The van der Waals surface area contributed by atoms with Crippen molar-refractivity contribution in [1.82, 2.24) is 9.55 Å². The van der Waals surface area contributed by atoms with Gasteiger partial charge >= 0.3 is 0 Å². The molecule has 1 atom stereocenters. The molecule has 0 amide bonds. The second-order valence-electron chi connectivity index (χ2n) is 5.48. The molecule has 2 aromatic rings. The lowest BCUT2D eigenvalue weighted by Crippen LogP contribution is -2.16. The second kappa shape index (κ2) is 4.76.